The fraction of sp³-hybridized carbons (Fsp3) is 1.00. The van der Waals surface area contributed by atoms with Crippen molar-refractivity contribution in [3.05, 3.63) is 0 Å². The first kappa shape index (κ1) is 15.8. The van der Waals surface area contributed by atoms with Gasteiger partial charge < -0.3 is 10.2 Å². The molecular weight excluding hydrogens is 256 g/mol. The minimum absolute atomic E-state index is 0.595. The first-order chi connectivity index (χ1) is 10.3. The summed E-state index contributed by atoms with van der Waals surface area (Å²) in [5.74, 6) is 1.01. The van der Waals surface area contributed by atoms with E-state index in [2.05, 4.69) is 17.1 Å². The molecule has 2 nitrogen and oxygen atoms in total. The highest BCUT2D eigenvalue weighted by molar-refractivity contribution is 4.91. The van der Waals surface area contributed by atoms with E-state index in [1.807, 2.05) is 0 Å². The normalized spacial score (nSPS) is 28.4. The Bertz CT molecular complexity index is 295. The Morgan fingerprint density at radius 1 is 0.952 bits per heavy atom. The third kappa shape index (κ3) is 4.69. The summed E-state index contributed by atoms with van der Waals surface area (Å²) >= 11 is 0. The van der Waals surface area contributed by atoms with Gasteiger partial charge >= 0.3 is 0 Å². The van der Waals surface area contributed by atoms with E-state index in [9.17, 15) is 0 Å². The van der Waals surface area contributed by atoms with Crippen molar-refractivity contribution < 1.29 is 0 Å². The summed E-state index contributed by atoms with van der Waals surface area (Å²) in [5, 5.41) is 3.88. The molecule has 2 saturated carbocycles. The van der Waals surface area contributed by atoms with E-state index in [0.29, 0.717) is 5.41 Å². The molecule has 3 rings (SSSR count). The van der Waals surface area contributed by atoms with Crippen LogP contribution in [-0.4, -0.2) is 37.1 Å². The van der Waals surface area contributed by atoms with E-state index in [1.165, 1.54) is 96.8 Å². The predicted molar refractivity (Wildman–Crippen MR) is 90.6 cm³/mol. The highest BCUT2D eigenvalue weighted by atomic mass is 15.1. The molecule has 0 bridgehead atoms. The largest absolute Gasteiger partial charge is 0.313 e. The van der Waals surface area contributed by atoms with Crippen LogP contribution in [0.15, 0.2) is 0 Å². The topological polar surface area (TPSA) is 15.3 Å². The van der Waals surface area contributed by atoms with Crippen LogP contribution in [0.2, 0.25) is 0 Å². The van der Waals surface area contributed by atoms with Gasteiger partial charge in [-0.25, -0.2) is 0 Å². The van der Waals surface area contributed by atoms with Crippen molar-refractivity contribution >= 4 is 0 Å². The van der Waals surface area contributed by atoms with Crippen molar-refractivity contribution in [2.24, 2.45) is 11.3 Å². The van der Waals surface area contributed by atoms with Gasteiger partial charge in [-0.1, -0.05) is 39.0 Å². The molecule has 0 spiro atoms. The third-order valence-corrected chi connectivity index (χ3v) is 6.35. The molecule has 0 atom stereocenters. The monoisotopic (exact) mass is 292 g/mol. The maximum atomic E-state index is 3.88. The average molecular weight is 293 g/mol. The highest BCUT2D eigenvalue weighted by Crippen LogP contribution is 2.37. The standard InChI is InChI=1S/C19H36N2/c1-2-17-9-13-21(14-10-17)16-19(15-20-18-7-8-18)11-5-3-4-6-12-19/h17-18,20H,2-16H2,1H3. The molecule has 2 aliphatic carbocycles. The van der Waals surface area contributed by atoms with Crippen molar-refractivity contribution in [2.75, 3.05) is 26.2 Å². The van der Waals surface area contributed by atoms with Crippen molar-refractivity contribution in [1.82, 2.24) is 10.2 Å². The Labute approximate surface area is 132 Å². The van der Waals surface area contributed by atoms with Crippen LogP contribution in [0, 0.1) is 11.3 Å². The maximum Gasteiger partial charge on any atom is 0.00684 e. The summed E-state index contributed by atoms with van der Waals surface area (Å²) in [6.45, 7) is 7.77. The van der Waals surface area contributed by atoms with Crippen LogP contribution in [-0.2, 0) is 0 Å². The molecule has 0 aromatic carbocycles. The van der Waals surface area contributed by atoms with Gasteiger partial charge in [0.1, 0.15) is 0 Å². The van der Waals surface area contributed by atoms with Crippen molar-refractivity contribution in [2.45, 2.75) is 83.6 Å². The second-order valence-electron chi connectivity index (χ2n) is 8.20. The molecule has 1 heterocycles. The number of nitrogens with one attached hydrogen (secondary N) is 1. The fourth-order valence-electron chi connectivity index (χ4n) is 4.54. The van der Waals surface area contributed by atoms with Gasteiger partial charge in [-0.05, 0) is 62.9 Å². The molecule has 0 aromatic rings. The number of hydrogen-bond donors (Lipinski definition) is 1. The van der Waals surface area contributed by atoms with Crippen molar-refractivity contribution in [3.63, 3.8) is 0 Å². The predicted octanol–water partition coefficient (Wildman–Crippen LogP) is 4.20. The van der Waals surface area contributed by atoms with Crippen molar-refractivity contribution in [3.8, 4) is 0 Å². The van der Waals surface area contributed by atoms with Gasteiger partial charge in [-0.15, -0.1) is 0 Å². The summed E-state index contributed by atoms with van der Waals surface area (Å²) in [7, 11) is 0. The van der Waals surface area contributed by atoms with Crippen LogP contribution in [0.1, 0.15) is 77.6 Å². The van der Waals surface area contributed by atoms with E-state index in [0.717, 1.165) is 12.0 Å². The lowest BCUT2D eigenvalue weighted by Gasteiger charge is -2.41. The van der Waals surface area contributed by atoms with Crippen LogP contribution < -0.4 is 5.32 Å². The Morgan fingerprint density at radius 3 is 2.19 bits per heavy atom. The Balaban J connectivity index is 1.55. The van der Waals surface area contributed by atoms with Crippen LogP contribution in [0.25, 0.3) is 0 Å². The molecule has 1 aliphatic heterocycles. The molecule has 0 radical (unpaired) electrons. The fourth-order valence-corrected chi connectivity index (χ4v) is 4.54. The first-order valence-electron chi connectivity index (χ1n) is 9.75. The lowest BCUT2D eigenvalue weighted by atomic mass is 9.79. The van der Waals surface area contributed by atoms with Crippen LogP contribution in [0.4, 0.5) is 0 Å². The van der Waals surface area contributed by atoms with E-state index < -0.39 is 0 Å². The maximum absolute atomic E-state index is 3.88. The van der Waals surface area contributed by atoms with Crippen LogP contribution in [0.3, 0.4) is 0 Å². The Hall–Kier alpha value is -0.0800. The summed E-state index contributed by atoms with van der Waals surface area (Å²) in [6.07, 6.45) is 16.0. The Morgan fingerprint density at radius 2 is 1.62 bits per heavy atom. The molecule has 1 saturated heterocycles. The first-order valence-corrected chi connectivity index (χ1v) is 9.75. The zero-order valence-corrected chi connectivity index (χ0v) is 14.2. The minimum atomic E-state index is 0.595. The summed E-state index contributed by atoms with van der Waals surface area (Å²) in [5.41, 5.74) is 0.595. The lowest BCUT2D eigenvalue weighted by molar-refractivity contribution is 0.0938. The molecule has 0 amide bonds. The molecule has 122 valence electrons. The molecule has 2 heteroatoms. The number of rotatable bonds is 6. The van der Waals surface area contributed by atoms with E-state index in [-0.39, 0.29) is 0 Å². The summed E-state index contributed by atoms with van der Waals surface area (Å²) < 4.78 is 0. The smallest absolute Gasteiger partial charge is 0.00684 e. The van der Waals surface area contributed by atoms with Gasteiger partial charge in [0.15, 0.2) is 0 Å². The Kier molecular flexibility index (Phi) is 5.61. The molecule has 21 heavy (non-hydrogen) atoms. The number of piperidine rings is 1. The van der Waals surface area contributed by atoms with Gasteiger partial charge in [0.05, 0.1) is 0 Å². The van der Waals surface area contributed by atoms with Gasteiger partial charge in [0.25, 0.3) is 0 Å². The van der Waals surface area contributed by atoms with Gasteiger partial charge in [-0.3, -0.25) is 0 Å². The molecule has 3 aliphatic rings. The van der Waals surface area contributed by atoms with Crippen LogP contribution in [0.5, 0.6) is 0 Å². The molecular formula is C19H36N2. The van der Waals surface area contributed by atoms with E-state index >= 15 is 0 Å². The SMILES string of the molecule is CCC1CCN(CC2(CNC3CC3)CCCCCC2)CC1. The molecule has 0 aromatic heterocycles. The summed E-state index contributed by atoms with van der Waals surface area (Å²) in [4.78, 5) is 2.81. The number of nitrogens with zero attached hydrogens (tertiary/aromatic N) is 1. The lowest BCUT2D eigenvalue weighted by Crippen LogP contribution is -2.47. The minimum Gasteiger partial charge on any atom is -0.313 e. The molecule has 0 unspecified atom stereocenters. The molecule has 1 N–H and O–H groups in total. The van der Waals surface area contributed by atoms with Gasteiger partial charge in [-0.2, -0.15) is 0 Å². The number of hydrogen-bond acceptors (Lipinski definition) is 2. The summed E-state index contributed by atoms with van der Waals surface area (Å²) in [6, 6.07) is 0.871. The zero-order valence-electron chi connectivity index (χ0n) is 14.2. The van der Waals surface area contributed by atoms with Gasteiger partial charge in [0, 0.05) is 19.1 Å². The zero-order chi connectivity index (χ0) is 14.5. The van der Waals surface area contributed by atoms with E-state index in [1.54, 1.807) is 0 Å². The second-order valence-corrected chi connectivity index (χ2v) is 8.20. The van der Waals surface area contributed by atoms with E-state index in [4.69, 9.17) is 0 Å². The van der Waals surface area contributed by atoms with Gasteiger partial charge in [0.2, 0.25) is 0 Å². The second kappa shape index (κ2) is 7.46. The molecule has 3 fully saturated rings. The highest BCUT2D eigenvalue weighted by Gasteiger charge is 2.35. The third-order valence-electron chi connectivity index (χ3n) is 6.35. The number of likely N-dealkylation sites (tertiary alicyclic amines) is 1. The van der Waals surface area contributed by atoms with Crippen molar-refractivity contribution in [1.29, 1.82) is 0 Å². The van der Waals surface area contributed by atoms with Crippen LogP contribution >= 0.6 is 0 Å². The quantitative estimate of drug-likeness (QED) is 0.738. The average Bonchev–Trinajstić information content (AvgIpc) is 3.34.